The first-order valence-electron chi connectivity index (χ1n) is 7.83. The Kier molecular flexibility index (Phi) is 6.64. The number of pyridine rings is 1. The maximum Gasteiger partial charge on any atom is 0.0607 e. The van der Waals surface area contributed by atoms with Crippen molar-refractivity contribution < 1.29 is 0 Å². The molecule has 0 saturated heterocycles. The lowest BCUT2D eigenvalue weighted by Gasteiger charge is -2.39. The minimum absolute atomic E-state index is 0. The molecule has 1 aromatic heterocycles. The molecule has 4 heteroatoms. The standard InChI is InChI=1S/C17H29N3.ClH/c1-13(2)11-20(12-17(3,4)18)15-9-5-7-14-8-6-10-19-16(14)15;/h6,8,10,13,15H,5,7,9,11-12,18H2,1-4H3;1H. The number of hydrogen-bond donors (Lipinski definition) is 1. The second-order valence-electron chi connectivity index (χ2n) is 7.27. The number of nitrogens with two attached hydrogens (primary N) is 1. The summed E-state index contributed by atoms with van der Waals surface area (Å²) < 4.78 is 0. The smallest absolute Gasteiger partial charge is 0.0607 e. The fourth-order valence-corrected chi connectivity index (χ4v) is 3.23. The Morgan fingerprint density at radius 3 is 2.76 bits per heavy atom. The summed E-state index contributed by atoms with van der Waals surface area (Å²) >= 11 is 0. The van der Waals surface area contributed by atoms with Gasteiger partial charge < -0.3 is 5.73 Å². The fraction of sp³-hybridized carbons (Fsp3) is 0.706. The van der Waals surface area contributed by atoms with E-state index in [-0.39, 0.29) is 17.9 Å². The monoisotopic (exact) mass is 311 g/mol. The lowest BCUT2D eigenvalue weighted by molar-refractivity contribution is 0.129. The second kappa shape index (κ2) is 7.57. The number of hydrogen-bond acceptors (Lipinski definition) is 3. The molecule has 1 aliphatic carbocycles. The summed E-state index contributed by atoms with van der Waals surface area (Å²) in [6.07, 6.45) is 5.55. The van der Waals surface area contributed by atoms with Crippen molar-refractivity contribution in [3.63, 3.8) is 0 Å². The van der Waals surface area contributed by atoms with Gasteiger partial charge in [-0.05, 0) is 50.7 Å². The third-order valence-electron chi connectivity index (χ3n) is 3.82. The molecule has 1 heterocycles. The summed E-state index contributed by atoms with van der Waals surface area (Å²) in [6, 6.07) is 4.72. The van der Waals surface area contributed by atoms with E-state index >= 15 is 0 Å². The molecule has 3 nitrogen and oxygen atoms in total. The molecule has 0 amide bonds. The van der Waals surface area contributed by atoms with Gasteiger partial charge in [-0.3, -0.25) is 9.88 Å². The molecular formula is C17H30ClN3. The molecule has 120 valence electrons. The van der Waals surface area contributed by atoms with Crippen LogP contribution in [0.1, 0.15) is 57.8 Å². The van der Waals surface area contributed by atoms with Crippen LogP contribution in [0.4, 0.5) is 0 Å². The van der Waals surface area contributed by atoms with Gasteiger partial charge in [-0.1, -0.05) is 19.9 Å². The molecule has 1 aromatic rings. The molecule has 1 aliphatic rings. The topological polar surface area (TPSA) is 42.1 Å². The van der Waals surface area contributed by atoms with E-state index in [0.717, 1.165) is 13.1 Å². The van der Waals surface area contributed by atoms with Crippen LogP contribution in [0.3, 0.4) is 0 Å². The van der Waals surface area contributed by atoms with E-state index in [0.29, 0.717) is 12.0 Å². The number of aromatic nitrogens is 1. The van der Waals surface area contributed by atoms with Crippen LogP contribution in [0.25, 0.3) is 0 Å². The predicted molar refractivity (Wildman–Crippen MR) is 91.8 cm³/mol. The molecule has 0 radical (unpaired) electrons. The van der Waals surface area contributed by atoms with Gasteiger partial charge in [0.15, 0.2) is 0 Å². The van der Waals surface area contributed by atoms with Crippen molar-refractivity contribution in [2.75, 3.05) is 13.1 Å². The fourth-order valence-electron chi connectivity index (χ4n) is 3.23. The van der Waals surface area contributed by atoms with Crippen LogP contribution in [0, 0.1) is 5.92 Å². The van der Waals surface area contributed by atoms with Crippen LogP contribution in [-0.2, 0) is 6.42 Å². The number of nitrogens with zero attached hydrogens (tertiary/aromatic N) is 2. The maximum atomic E-state index is 6.28. The Morgan fingerprint density at radius 1 is 1.43 bits per heavy atom. The van der Waals surface area contributed by atoms with E-state index in [1.165, 1.54) is 30.5 Å². The molecule has 2 N–H and O–H groups in total. The molecule has 1 atom stereocenters. The quantitative estimate of drug-likeness (QED) is 0.904. The van der Waals surface area contributed by atoms with E-state index in [2.05, 4.69) is 49.7 Å². The molecule has 0 aliphatic heterocycles. The molecule has 2 rings (SSSR count). The Balaban J connectivity index is 0.00000220. The van der Waals surface area contributed by atoms with E-state index < -0.39 is 0 Å². The molecule has 21 heavy (non-hydrogen) atoms. The van der Waals surface area contributed by atoms with Gasteiger partial charge >= 0.3 is 0 Å². The van der Waals surface area contributed by atoms with Gasteiger partial charge in [0.1, 0.15) is 0 Å². The van der Waals surface area contributed by atoms with Crippen LogP contribution in [0.5, 0.6) is 0 Å². The lowest BCUT2D eigenvalue weighted by atomic mass is 9.89. The Labute approximate surface area is 135 Å². The van der Waals surface area contributed by atoms with Crippen molar-refractivity contribution in [2.24, 2.45) is 11.7 Å². The maximum absolute atomic E-state index is 6.28. The highest BCUT2D eigenvalue weighted by atomic mass is 35.5. The number of aryl methyl sites for hydroxylation is 1. The molecule has 1 unspecified atom stereocenters. The van der Waals surface area contributed by atoms with Gasteiger partial charge in [0.05, 0.1) is 11.7 Å². The minimum atomic E-state index is -0.165. The minimum Gasteiger partial charge on any atom is -0.324 e. The van der Waals surface area contributed by atoms with Crippen molar-refractivity contribution in [3.05, 3.63) is 29.6 Å². The summed E-state index contributed by atoms with van der Waals surface area (Å²) in [5.41, 5.74) is 8.82. The SMILES string of the molecule is CC(C)CN(CC(C)(C)N)C1CCCc2cccnc21.Cl. The van der Waals surface area contributed by atoms with E-state index in [1.54, 1.807) is 0 Å². The third kappa shape index (κ3) is 5.24. The average Bonchev–Trinajstić information content (AvgIpc) is 2.35. The Hall–Kier alpha value is -0.640. The highest BCUT2D eigenvalue weighted by molar-refractivity contribution is 5.85. The van der Waals surface area contributed by atoms with Gasteiger partial charge in [-0.15, -0.1) is 12.4 Å². The highest BCUT2D eigenvalue weighted by Gasteiger charge is 2.30. The third-order valence-corrected chi connectivity index (χ3v) is 3.82. The average molecular weight is 312 g/mol. The van der Waals surface area contributed by atoms with Crippen molar-refractivity contribution >= 4 is 12.4 Å². The van der Waals surface area contributed by atoms with Crippen LogP contribution in [0.2, 0.25) is 0 Å². The molecule has 0 fully saturated rings. The first kappa shape index (κ1) is 18.4. The normalized spacial score (nSPS) is 18.5. The largest absolute Gasteiger partial charge is 0.324 e. The zero-order chi connectivity index (χ0) is 14.8. The van der Waals surface area contributed by atoms with E-state index in [1.807, 2.05) is 6.20 Å². The second-order valence-corrected chi connectivity index (χ2v) is 7.27. The molecule has 0 aromatic carbocycles. The predicted octanol–water partition coefficient (Wildman–Crippen LogP) is 3.58. The number of halogens is 1. The summed E-state index contributed by atoms with van der Waals surface area (Å²) in [5, 5.41) is 0. The van der Waals surface area contributed by atoms with Gasteiger partial charge in [-0.25, -0.2) is 0 Å². The van der Waals surface area contributed by atoms with Gasteiger partial charge in [0, 0.05) is 24.8 Å². The number of fused-ring (bicyclic) bond motifs is 1. The van der Waals surface area contributed by atoms with Crippen LogP contribution in [-0.4, -0.2) is 28.5 Å². The summed E-state index contributed by atoms with van der Waals surface area (Å²) in [6.45, 7) is 10.8. The van der Waals surface area contributed by atoms with Crippen molar-refractivity contribution in [2.45, 2.75) is 58.5 Å². The first-order valence-corrected chi connectivity index (χ1v) is 7.83. The first-order chi connectivity index (χ1) is 9.37. The van der Waals surface area contributed by atoms with E-state index in [4.69, 9.17) is 5.73 Å². The summed E-state index contributed by atoms with van der Waals surface area (Å²) in [5.74, 6) is 0.645. The van der Waals surface area contributed by atoms with Crippen LogP contribution in [0.15, 0.2) is 18.3 Å². The summed E-state index contributed by atoms with van der Waals surface area (Å²) in [4.78, 5) is 7.23. The molecular weight excluding hydrogens is 282 g/mol. The lowest BCUT2D eigenvalue weighted by Crippen LogP contribution is -2.48. The molecule has 0 bridgehead atoms. The van der Waals surface area contributed by atoms with Gasteiger partial charge in [0.2, 0.25) is 0 Å². The number of rotatable bonds is 5. The van der Waals surface area contributed by atoms with Crippen molar-refractivity contribution in [3.8, 4) is 0 Å². The Bertz CT molecular complexity index is 440. The van der Waals surface area contributed by atoms with Gasteiger partial charge in [-0.2, -0.15) is 0 Å². The molecule has 0 spiro atoms. The zero-order valence-electron chi connectivity index (χ0n) is 13.8. The highest BCUT2D eigenvalue weighted by Crippen LogP contribution is 2.33. The summed E-state index contributed by atoms with van der Waals surface area (Å²) in [7, 11) is 0. The van der Waals surface area contributed by atoms with E-state index in [9.17, 15) is 0 Å². The van der Waals surface area contributed by atoms with Crippen molar-refractivity contribution in [1.29, 1.82) is 0 Å². The van der Waals surface area contributed by atoms with Gasteiger partial charge in [0.25, 0.3) is 0 Å². The zero-order valence-corrected chi connectivity index (χ0v) is 14.6. The van der Waals surface area contributed by atoms with Crippen molar-refractivity contribution in [1.82, 2.24) is 9.88 Å². The molecule has 0 saturated carbocycles. The Morgan fingerprint density at radius 2 is 2.14 bits per heavy atom. The van der Waals surface area contributed by atoms with Crippen LogP contribution >= 0.6 is 12.4 Å². The van der Waals surface area contributed by atoms with Crippen LogP contribution < -0.4 is 5.73 Å².